The molecule has 0 radical (unpaired) electrons. The van der Waals surface area contributed by atoms with Gasteiger partial charge in [-0.3, -0.25) is 4.79 Å². The summed E-state index contributed by atoms with van der Waals surface area (Å²) in [6, 6.07) is 23.7. The maximum absolute atomic E-state index is 13.6. The first-order valence-corrected chi connectivity index (χ1v) is 11.6. The molecule has 0 aliphatic carbocycles. The van der Waals surface area contributed by atoms with E-state index in [0.29, 0.717) is 11.0 Å². The molecule has 0 saturated heterocycles. The predicted molar refractivity (Wildman–Crippen MR) is 133 cm³/mol. The van der Waals surface area contributed by atoms with E-state index < -0.39 is 5.25 Å². The number of carbonyl (C=O) groups is 1. The van der Waals surface area contributed by atoms with E-state index in [1.165, 1.54) is 11.8 Å². The fourth-order valence-corrected chi connectivity index (χ4v) is 4.83. The molecule has 7 heteroatoms. The summed E-state index contributed by atoms with van der Waals surface area (Å²) in [6.45, 7) is 5.87. The van der Waals surface area contributed by atoms with Gasteiger partial charge in [-0.05, 0) is 55.7 Å². The molecule has 0 saturated carbocycles. The lowest BCUT2D eigenvalue weighted by Gasteiger charge is -2.18. The van der Waals surface area contributed by atoms with Crippen LogP contribution in [-0.2, 0) is 4.79 Å². The van der Waals surface area contributed by atoms with Crippen molar-refractivity contribution in [2.75, 3.05) is 5.32 Å². The molecule has 0 spiro atoms. The highest BCUT2D eigenvalue weighted by Gasteiger charge is 2.26. The maximum Gasteiger partial charge on any atom is 0.242 e. The van der Waals surface area contributed by atoms with Crippen molar-refractivity contribution in [1.29, 1.82) is 0 Å². The Morgan fingerprint density at radius 3 is 2.52 bits per heavy atom. The number of para-hydroxylation sites is 1. The second-order valence-corrected chi connectivity index (χ2v) is 9.09. The number of nitrogens with zero attached hydrogens (tertiary/aromatic N) is 4. The number of hydrogen-bond donors (Lipinski definition) is 1. The van der Waals surface area contributed by atoms with Crippen LogP contribution in [0.1, 0.15) is 27.8 Å². The van der Waals surface area contributed by atoms with Crippen molar-refractivity contribution in [2.24, 2.45) is 0 Å². The molecule has 5 aromatic rings. The van der Waals surface area contributed by atoms with Gasteiger partial charge < -0.3 is 5.32 Å². The van der Waals surface area contributed by atoms with Gasteiger partial charge in [-0.25, -0.2) is 9.97 Å². The molecule has 33 heavy (non-hydrogen) atoms. The van der Waals surface area contributed by atoms with E-state index >= 15 is 0 Å². The maximum atomic E-state index is 13.6. The predicted octanol–water partition coefficient (Wildman–Crippen LogP) is 5.67. The van der Waals surface area contributed by atoms with Crippen molar-refractivity contribution in [3.8, 4) is 0 Å². The Balaban J connectivity index is 1.59. The lowest BCUT2D eigenvalue weighted by atomic mass is 10.1. The average molecular weight is 454 g/mol. The summed E-state index contributed by atoms with van der Waals surface area (Å²) >= 11 is 1.37. The van der Waals surface area contributed by atoms with Crippen LogP contribution in [0.5, 0.6) is 0 Å². The number of fused-ring (bicyclic) bond motifs is 3. The molecule has 1 N–H and O–H groups in total. The topological polar surface area (TPSA) is 72.2 Å². The number of aromatic nitrogens is 4. The van der Waals surface area contributed by atoms with Crippen LogP contribution < -0.4 is 5.32 Å². The molecular formula is C26H23N5OS. The highest BCUT2D eigenvalue weighted by Crippen LogP contribution is 2.37. The quantitative estimate of drug-likeness (QED) is 0.274. The molecule has 1 atom stereocenters. The summed E-state index contributed by atoms with van der Waals surface area (Å²) in [4.78, 5) is 23.0. The summed E-state index contributed by atoms with van der Waals surface area (Å²) < 4.78 is 1.74. The van der Waals surface area contributed by atoms with Crippen molar-refractivity contribution in [3.63, 3.8) is 0 Å². The number of amides is 1. The number of benzene rings is 3. The molecule has 3 aromatic carbocycles. The van der Waals surface area contributed by atoms with Crippen molar-refractivity contribution in [3.05, 3.63) is 95.3 Å². The second kappa shape index (κ2) is 8.67. The highest BCUT2D eigenvalue weighted by molar-refractivity contribution is 8.00. The fourth-order valence-electron chi connectivity index (χ4n) is 3.78. The largest absolute Gasteiger partial charge is 0.325 e. The van der Waals surface area contributed by atoms with E-state index in [0.717, 1.165) is 38.9 Å². The molecule has 164 valence electrons. The molecule has 6 nitrogen and oxygen atoms in total. The van der Waals surface area contributed by atoms with Crippen LogP contribution in [-0.4, -0.2) is 25.5 Å². The van der Waals surface area contributed by atoms with Gasteiger partial charge in [0.05, 0.1) is 5.52 Å². The SMILES string of the molecule is Cc1ccc(C)c(NC(=O)C(Sc2nc3ccccc3c3nc(C)nn23)c2ccccc2)c1. The van der Waals surface area contributed by atoms with E-state index in [-0.39, 0.29) is 5.91 Å². The van der Waals surface area contributed by atoms with E-state index in [1.807, 2.05) is 93.6 Å². The summed E-state index contributed by atoms with van der Waals surface area (Å²) in [7, 11) is 0. The van der Waals surface area contributed by atoms with Gasteiger partial charge in [0.25, 0.3) is 0 Å². The standard InChI is InChI=1S/C26H23N5OS/c1-16-13-14-17(2)22(15-16)28-25(32)23(19-9-5-4-6-10-19)33-26-29-21-12-8-7-11-20(21)24-27-18(3)30-31(24)26/h4-15,23H,1-3H3,(H,28,32). The third-order valence-electron chi connectivity index (χ3n) is 5.47. The third kappa shape index (κ3) is 4.19. The smallest absolute Gasteiger partial charge is 0.242 e. The van der Waals surface area contributed by atoms with Crippen molar-refractivity contribution >= 4 is 39.9 Å². The summed E-state index contributed by atoms with van der Waals surface area (Å²) in [5, 5.41) is 8.73. The van der Waals surface area contributed by atoms with Gasteiger partial charge in [-0.1, -0.05) is 66.4 Å². The second-order valence-electron chi connectivity index (χ2n) is 8.02. The Morgan fingerprint density at radius 1 is 0.939 bits per heavy atom. The zero-order chi connectivity index (χ0) is 22.9. The van der Waals surface area contributed by atoms with E-state index in [1.54, 1.807) is 4.52 Å². The molecule has 1 amide bonds. The first kappa shape index (κ1) is 21.2. The number of aryl methyl sites for hydroxylation is 3. The minimum absolute atomic E-state index is 0.111. The molecule has 0 fully saturated rings. The number of carbonyl (C=O) groups excluding carboxylic acids is 1. The van der Waals surface area contributed by atoms with Gasteiger partial charge in [0.1, 0.15) is 11.1 Å². The zero-order valence-corrected chi connectivity index (χ0v) is 19.4. The van der Waals surface area contributed by atoms with Gasteiger partial charge >= 0.3 is 0 Å². The summed E-state index contributed by atoms with van der Waals surface area (Å²) in [5.41, 5.74) is 5.38. The number of thioether (sulfide) groups is 1. The first-order chi connectivity index (χ1) is 16.0. The Bertz CT molecular complexity index is 1480. The number of nitrogens with one attached hydrogen (secondary N) is 1. The molecule has 1 unspecified atom stereocenters. The van der Waals surface area contributed by atoms with Gasteiger partial charge in [-0.15, -0.1) is 5.10 Å². The highest BCUT2D eigenvalue weighted by atomic mass is 32.2. The van der Waals surface area contributed by atoms with Gasteiger partial charge in [0.15, 0.2) is 10.8 Å². The minimum Gasteiger partial charge on any atom is -0.325 e. The Hall–Kier alpha value is -3.71. The number of anilines is 1. The molecule has 2 heterocycles. The van der Waals surface area contributed by atoms with Crippen LogP contribution in [0.15, 0.2) is 78.0 Å². The molecule has 2 aromatic heterocycles. The van der Waals surface area contributed by atoms with Crippen molar-refractivity contribution in [2.45, 2.75) is 31.2 Å². The van der Waals surface area contributed by atoms with E-state index in [2.05, 4.69) is 15.4 Å². The summed E-state index contributed by atoms with van der Waals surface area (Å²) in [5.74, 6) is 0.547. The van der Waals surface area contributed by atoms with Gasteiger partial charge in [0, 0.05) is 11.1 Å². The lowest BCUT2D eigenvalue weighted by molar-refractivity contribution is -0.115. The average Bonchev–Trinajstić information content (AvgIpc) is 3.22. The molecule has 0 aliphatic heterocycles. The number of hydrogen-bond acceptors (Lipinski definition) is 5. The van der Waals surface area contributed by atoms with Crippen LogP contribution in [0.2, 0.25) is 0 Å². The van der Waals surface area contributed by atoms with Gasteiger partial charge in [-0.2, -0.15) is 4.52 Å². The Labute approximate surface area is 196 Å². The van der Waals surface area contributed by atoms with Crippen molar-refractivity contribution in [1.82, 2.24) is 19.6 Å². The Kier molecular flexibility index (Phi) is 5.56. The van der Waals surface area contributed by atoms with Crippen LogP contribution in [0.25, 0.3) is 16.6 Å². The van der Waals surface area contributed by atoms with E-state index in [4.69, 9.17) is 4.98 Å². The zero-order valence-electron chi connectivity index (χ0n) is 18.6. The minimum atomic E-state index is -0.521. The van der Waals surface area contributed by atoms with E-state index in [9.17, 15) is 4.79 Å². The lowest BCUT2D eigenvalue weighted by Crippen LogP contribution is -2.20. The normalized spacial score (nSPS) is 12.2. The Morgan fingerprint density at radius 2 is 1.70 bits per heavy atom. The van der Waals surface area contributed by atoms with Crippen LogP contribution in [0, 0.1) is 20.8 Å². The van der Waals surface area contributed by atoms with Crippen LogP contribution in [0.3, 0.4) is 0 Å². The monoisotopic (exact) mass is 453 g/mol. The van der Waals surface area contributed by atoms with Crippen LogP contribution in [0.4, 0.5) is 5.69 Å². The third-order valence-corrected chi connectivity index (χ3v) is 6.67. The number of rotatable bonds is 5. The molecule has 5 rings (SSSR count). The fraction of sp³-hybridized carbons (Fsp3) is 0.154. The van der Waals surface area contributed by atoms with Gasteiger partial charge in [0.2, 0.25) is 5.91 Å². The van der Waals surface area contributed by atoms with Crippen LogP contribution >= 0.6 is 11.8 Å². The van der Waals surface area contributed by atoms with Crippen molar-refractivity contribution < 1.29 is 4.79 Å². The first-order valence-electron chi connectivity index (χ1n) is 10.7. The molecular weight excluding hydrogens is 430 g/mol. The molecule has 0 bridgehead atoms. The molecule has 0 aliphatic rings. The summed E-state index contributed by atoms with van der Waals surface area (Å²) in [6.07, 6.45) is 0.